The van der Waals surface area contributed by atoms with Crippen LogP contribution < -0.4 is 11.2 Å². The van der Waals surface area contributed by atoms with Crippen molar-refractivity contribution in [2.24, 2.45) is 7.05 Å². The molecule has 0 fully saturated rings. The third-order valence-electron chi connectivity index (χ3n) is 5.33. The van der Waals surface area contributed by atoms with E-state index in [2.05, 4.69) is 20.1 Å². The van der Waals surface area contributed by atoms with Crippen LogP contribution in [0.1, 0.15) is 55.8 Å². The Morgan fingerprint density at radius 1 is 1.22 bits per heavy atom. The van der Waals surface area contributed by atoms with Crippen LogP contribution in [0.5, 0.6) is 0 Å². The van der Waals surface area contributed by atoms with E-state index in [1.807, 2.05) is 20.8 Å². The van der Waals surface area contributed by atoms with Gasteiger partial charge in [0.25, 0.3) is 5.56 Å². The van der Waals surface area contributed by atoms with Gasteiger partial charge in [0, 0.05) is 31.2 Å². The molecule has 0 spiro atoms. The molecule has 4 heterocycles. The van der Waals surface area contributed by atoms with Crippen LogP contribution in [0.2, 0.25) is 0 Å². The first-order chi connectivity index (χ1) is 15.3. The summed E-state index contributed by atoms with van der Waals surface area (Å²) >= 11 is 0. The molecule has 0 atom stereocenters. The van der Waals surface area contributed by atoms with E-state index in [9.17, 15) is 14.4 Å². The van der Waals surface area contributed by atoms with Gasteiger partial charge in [0.1, 0.15) is 12.4 Å². The third kappa shape index (κ3) is 3.70. The first kappa shape index (κ1) is 21.5. The highest BCUT2D eigenvalue weighted by Crippen LogP contribution is 2.18. The van der Waals surface area contributed by atoms with Crippen molar-refractivity contribution in [3.63, 3.8) is 0 Å². The molecule has 0 aliphatic carbocycles. The number of nitrogens with one attached hydrogen (secondary N) is 1. The van der Waals surface area contributed by atoms with Crippen LogP contribution in [-0.4, -0.2) is 39.8 Å². The molecule has 0 unspecified atom stereocenters. The van der Waals surface area contributed by atoms with Crippen molar-refractivity contribution >= 4 is 28.2 Å². The molecule has 4 aromatic heterocycles. The normalized spacial score (nSPS) is 11.7. The number of rotatable bonds is 7. The number of H-pyrrole nitrogens is 1. The Balaban J connectivity index is 1.60. The number of imidazole rings is 1. The van der Waals surface area contributed by atoms with Crippen molar-refractivity contribution in [2.75, 3.05) is 0 Å². The van der Waals surface area contributed by atoms with Gasteiger partial charge in [-0.2, -0.15) is 5.10 Å². The Morgan fingerprint density at radius 2 is 2.00 bits per heavy atom. The number of nitrogens with zero attached hydrogens (tertiary/aromatic N) is 6. The summed E-state index contributed by atoms with van der Waals surface area (Å²) in [5, 5.41) is 5.04. The average Bonchev–Trinajstić information content (AvgIpc) is 3.33. The van der Waals surface area contributed by atoms with Gasteiger partial charge in [0.2, 0.25) is 0 Å². The number of fused-ring (bicyclic) bond motifs is 2. The molecule has 0 aromatic carbocycles. The smallest absolute Gasteiger partial charge is 0.340 e. The van der Waals surface area contributed by atoms with E-state index in [1.165, 1.54) is 15.3 Å². The molecule has 0 aliphatic heterocycles. The van der Waals surface area contributed by atoms with E-state index in [0.717, 1.165) is 18.2 Å². The number of hydrogen-bond donors (Lipinski definition) is 1. The van der Waals surface area contributed by atoms with E-state index in [4.69, 9.17) is 4.74 Å². The molecule has 4 rings (SSSR count). The maximum Gasteiger partial charge on any atom is 0.340 e. The molecule has 11 nitrogen and oxygen atoms in total. The van der Waals surface area contributed by atoms with Gasteiger partial charge < -0.3 is 9.30 Å². The van der Waals surface area contributed by atoms with Crippen molar-refractivity contribution in [3.8, 4) is 0 Å². The van der Waals surface area contributed by atoms with Crippen LogP contribution in [0.25, 0.3) is 22.2 Å². The molecule has 0 radical (unpaired) electrons. The summed E-state index contributed by atoms with van der Waals surface area (Å²) in [5.41, 5.74) is 0.496. The number of aromatic amines is 1. The lowest BCUT2D eigenvalue weighted by molar-refractivity contribution is 0.0459. The first-order valence-electron chi connectivity index (χ1n) is 10.5. The maximum atomic E-state index is 12.6. The summed E-state index contributed by atoms with van der Waals surface area (Å²) in [6, 6.07) is 1.83. The SMILES string of the molecule is CCCCn1c(=O)[nH]c(=O)c2c1nc(COC(=O)c1cnc3c(cnn3C(C)C)c1)n2C. The quantitative estimate of drug-likeness (QED) is 0.435. The van der Waals surface area contributed by atoms with E-state index in [0.29, 0.717) is 18.0 Å². The lowest BCUT2D eigenvalue weighted by atomic mass is 10.2. The number of hydrogen-bond acceptors (Lipinski definition) is 7. The van der Waals surface area contributed by atoms with Gasteiger partial charge in [-0.25, -0.2) is 24.2 Å². The second-order valence-corrected chi connectivity index (χ2v) is 7.92. The Morgan fingerprint density at radius 3 is 2.72 bits per heavy atom. The fraction of sp³-hybridized carbons (Fsp3) is 0.429. The fourth-order valence-electron chi connectivity index (χ4n) is 3.59. The van der Waals surface area contributed by atoms with E-state index in [-0.39, 0.29) is 29.4 Å². The van der Waals surface area contributed by atoms with Crippen LogP contribution in [0.3, 0.4) is 0 Å². The number of pyridine rings is 1. The number of esters is 1. The molecule has 0 bridgehead atoms. The minimum Gasteiger partial charge on any atom is -0.454 e. The highest BCUT2D eigenvalue weighted by Gasteiger charge is 2.18. The van der Waals surface area contributed by atoms with Gasteiger partial charge in [-0.05, 0) is 26.3 Å². The molecule has 32 heavy (non-hydrogen) atoms. The van der Waals surface area contributed by atoms with E-state index in [1.54, 1.807) is 24.0 Å². The van der Waals surface area contributed by atoms with Gasteiger partial charge in [-0.1, -0.05) is 13.3 Å². The monoisotopic (exact) mass is 439 g/mol. The summed E-state index contributed by atoms with van der Waals surface area (Å²) in [7, 11) is 1.65. The molecule has 0 aliphatic rings. The summed E-state index contributed by atoms with van der Waals surface area (Å²) < 4.78 is 10.2. The van der Waals surface area contributed by atoms with Crippen LogP contribution in [-0.2, 0) is 24.9 Å². The zero-order chi connectivity index (χ0) is 23.0. The van der Waals surface area contributed by atoms with Gasteiger partial charge in [0.05, 0.1) is 11.8 Å². The molecule has 4 aromatic rings. The lowest BCUT2D eigenvalue weighted by Gasteiger charge is -2.07. The van der Waals surface area contributed by atoms with Crippen LogP contribution in [0.15, 0.2) is 28.0 Å². The fourth-order valence-corrected chi connectivity index (χ4v) is 3.59. The highest BCUT2D eigenvalue weighted by molar-refractivity contribution is 5.93. The Kier molecular flexibility index (Phi) is 5.64. The van der Waals surface area contributed by atoms with Gasteiger partial charge in [0.15, 0.2) is 16.8 Å². The molecule has 168 valence electrons. The largest absolute Gasteiger partial charge is 0.454 e. The van der Waals surface area contributed by atoms with Gasteiger partial charge >= 0.3 is 11.7 Å². The number of carbonyl (C=O) groups excluding carboxylic acids is 1. The second kappa shape index (κ2) is 8.40. The molecular formula is C21H25N7O4. The second-order valence-electron chi connectivity index (χ2n) is 7.92. The third-order valence-corrected chi connectivity index (χ3v) is 5.33. The molecular weight excluding hydrogens is 414 g/mol. The average molecular weight is 439 g/mol. The Labute approximate surface area is 182 Å². The summed E-state index contributed by atoms with van der Waals surface area (Å²) in [5.74, 6) is -0.211. The van der Waals surface area contributed by atoms with Crippen LogP contribution in [0, 0.1) is 0 Å². The summed E-state index contributed by atoms with van der Waals surface area (Å²) in [6.45, 7) is 6.29. The van der Waals surface area contributed by atoms with Gasteiger partial charge in [-0.3, -0.25) is 14.3 Å². The first-order valence-corrected chi connectivity index (χ1v) is 10.5. The molecule has 1 N–H and O–H groups in total. The zero-order valence-electron chi connectivity index (χ0n) is 18.5. The van der Waals surface area contributed by atoms with Crippen molar-refractivity contribution in [1.82, 2.24) is 33.9 Å². The Hall–Kier alpha value is -3.76. The predicted octanol–water partition coefficient (Wildman–Crippen LogP) is 1.91. The summed E-state index contributed by atoms with van der Waals surface area (Å²) in [6.07, 6.45) is 4.77. The molecule has 0 saturated carbocycles. The maximum absolute atomic E-state index is 12.6. The standard InChI is InChI=1S/C21H25N7O4/c1-5-6-7-27-18-16(19(29)25-21(27)31)26(4)15(24-18)11-32-20(30)14-8-13-10-23-28(12(2)3)17(13)22-9-14/h8-10,12H,5-7,11H2,1-4H3,(H,25,29,31). The minimum absolute atomic E-state index is 0.147. The molecule has 0 amide bonds. The van der Waals surface area contributed by atoms with E-state index >= 15 is 0 Å². The number of ether oxygens (including phenoxy) is 1. The van der Waals surface area contributed by atoms with Crippen molar-refractivity contribution in [2.45, 2.75) is 52.8 Å². The number of carbonyl (C=O) groups is 1. The number of aryl methyl sites for hydroxylation is 2. The molecule has 0 saturated heterocycles. The number of unbranched alkanes of at least 4 members (excludes halogenated alkanes) is 1. The van der Waals surface area contributed by atoms with Crippen molar-refractivity contribution in [3.05, 3.63) is 50.7 Å². The van der Waals surface area contributed by atoms with Gasteiger partial charge in [-0.15, -0.1) is 0 Å². The van der Waals surface area contributed by atoms with Crippen LogP contribution >= 0.6 is 0 Å². The predicted molar refractivity (Wildman–Crippen MR) is 118 cm³/mol. The summed E-state index contributed by atoms with van der Waals surface area (Å²) in [4.78, 5) is 48.3. The van der Waals surface area contributed by atoms with Crippen LogP contribution in [0.4, 0.5) is 0 Å². The van der Waals surface area contributed by atoms with Crippen molar-refractivity contribution in [1.29, 1.82) is 0 Å². The minimum atomic E-state index is -0.568. The molecule has 11 heteroatoms. The Bertz CT molecular complexity index is 1420. The zero-order valence-corrected chi connectivity index (χ0v) is 18.5. The lowest BCUT2D eigenvalue weighted by Crippen LogP contribution is -2.31. The number of aromatic nitrogens is 7. The topological polar surface area (TPSA) is 130 Å². The van der Waals surface area contributed by atoms with E-state index < -0.39 is 17.2 Å². The highest BCUT2D eigenvalue weighted by atomic mass is 16.5. The van der Waals surface area contributed by atoms with Crippen molar-refractivity contribution < 1.29 is 9.53 Å².